The van der Waals surface area contributed by atoms with Crippen LogP contribution in [0.5, 0.6) is 0 Å². The van der Waals surface area contributed by atoms with E-state index in [-0.39, 0.29) is 11.8 Å². The van der Waals surface area contributed by atoms with E-state index >= 15 is 0 Å². The number of rotatable bonds is 7. The van der Waals surface area contributed by atoms with E-state index < -0.39 is 0 Å². The number of halogens is 2. The molecule has 0 aromatic heterocycles. The van der Waals surface area contributed by atoms with Gasteiger partial charge in [0.05, 0.1) is 10.6 Å². The highest BCUT2D eigenvalue weighted by Crippen LogP contribution is 2.28. The van der Waals surface area contributed by atoms with Crippen molar-refractivity contribution in [2.75, 3.05) is 26.1 Å². The maximum Gasteiger partial charge on any atom is 0.159 e. The van der Waals surface area contributed by atoms with Crippen LogP contribution in [0.2, 0.25) is 5.02 Å². The molecule has 0 aliphatic carbocycles. The molecule has 0 saturated carbocycles. The minimum atomic E-state index is -0.329. The van der Waals surface area contributed by atoms with E-state index in [9.17, 15) is 0 Å². The summed E-state index contributed by atoms with van der Waals surface area (Å²) < 4.78 is 11.3. The molecule has 6 heteroatoms. The highest BCUT2D eigenvalue weighted by atomic mass is 79.9. The lowest BCUT2D eigenvalue weighted by atomic mass is 9.97. The molecule has 3 N–H and O–H groups in total. The summed E-state index contributed by atoms with van der Waals surface area (Å²) >= 11 is 9.38. The molecule has 0 amide bonds. The predicted molar refractivity (Wildman–Crippen MR) is 82.7 cm³/mol. The van der Waals surface area contributed by atoms with Crippen molar-refractivity contribution in [3.63, 3.8) is 0 Å². The molecule has 19 heavy (non-hydrogen) atoms. The van der Waals surface area contributed by atoms with Crippen LogP contribution in [0, 0.1) is 0 Å². The third-order valence-electron chi connectivity index (χ3n) is 2.96. The summed E-state index contributed by atoms with van der Waals surface area (Å²) in [5, 5.41) is 4.07. The van der Waals surface area contributed by atoms with Gasteiger partial charge in [0, 0.05) is 37.3 Å². The van der Waals surface area contributed by atoms with Gasteiger partial charge in [0.1, 0.15) is 0 Å². The van der Waals surface area contributed by atoms with Crippen LogP contribution in [0.4, 0.5) is 5.69 Å². The molecule has 0 aliphatic rings. The van der Waals surface area contributed by atoms with Gasteiger partial charge in [-0.1, -0.05) is 11.6 Å². The van der Waals surface area contributed by atoms with E-state index in [0.29, 0.717) is 18.0 Å². The number of nitrogens with one attached hydrogen (secondary N) is 1. The van der Waals surface area contributed by atoms with Gasteiger partial charge in [0.2, 0.25) is 0 Å². The molecule has 1 aromatic rings. The zero-order valence-electron chi connectivity index (χ0n) is 11.4. The Morgan fingerprint density at radius 3 is 2.53 bits per heavy atom. The van der Waals surface area contributed by atoms with Gasteiger partial charge in [-0.25, -0.2) is 0 Å². The van der Waals surface area contributed by atoms with Gasteiger partial charge in [-0.3, -0.25) is 0 Å². The molecular weight excluding hydrogens is 332 g/mol. The van der Waals surface area contributed by atoms with Crippen LogP contribution in [0.15, 0.2) is 22.7 Å². The summed E-state index contributed by atoms with van der Waals surface area (Å²) in [4.78, 5) is 0. The quantitative estimate of drug-likeness (QED) is 0.741. The Labute approximate surface area is 127 Å². The van der Waals surface area contributed by atoms with Crippen molar-refractivity contribution in [2.24, 2.45) is 5.73 Å². The molecule has 0 radical (unpaired) electrons. The second-order valence-corrected chi connectivity index (χ2v) is 5.89. The number of hydrogen-bond donors (Lipinski definition) is 2. The average Bonchev–Trinajstić information content (AvgIpc) is 2.40. The fourth-order valence-electron chi connectivity index (χ4n) is 1.74. The highest BCUT2D eigenvalue weighted by molar-refractivity contribution is 9.10. The molecule has 0 heterocycles. The maximum atomic E-state index is 5.98. The molecule has 0 saturated heterocycles. The van der Waals surface area contributed by atoms with Crippen LogP contribution in [-0.2, 0) is 9.47 Å². The van der Waals surface area contributed by atoms with Crippen LogP contribution in [0.1, 0.15) is 13.3 Å². The minimum Gasteiger partial charge on any atom is -0.378 e. The molecule has 1 atom stereocenters. The second kappa shape index (κ2) is 7.45. The van der Waals surface area contributed by atoms with Gasteiger partial charge in [-0.05, 0) is 41.1 Å². The summed E-state index contributed by atoms with van der Waals surface area (Å²) in [6.45, 7) is 2.48. The molecule has 1 aromatic carbocycles. The van der Waals surface area contributed by atoms with Crippen LogP contribution >= 0.6 is 27.5 Å². The van der Waals surface area contributed by atoms with Crippen LogP contribution < -0.4 is 11.1 Å². The lowest BCUT2D eigenvalue weighted by Gasteiger charge is -2.33. The Hall–Kier alpha value is -0.330. The molecule has 0 spiro atoms. The second-order valence-electron chi connectivity index (χ2n) is 4.62. The Kier molecular flexibility index (Phi) is 6.56. The number of ether oxygens (including phenoxy) is 2. The van der Waals surface area contributed by atoms with E-state index in [4.69, 9.17) is 26.8 Å². The molecule has 0 aliphatic heterocycles. The average molecular weight is 352 g/mol. The zero-order chi connectivity index (χ0) is 14.5. The van der Waals surface area contributed by atoms with Gasteiger partial charge in [0.15, 0.2) is 6.29 Å². The first kappa shape index (κ1) is 16.7. The number of nitrogens with two attached hydrogens (primary N) is 1. The smallest absolute Gasteiger partial charge is 0.159 e. The van der Waals surface area contributed by atoms with Crippen molar-refractivity contribution in [1.82, 2.24) is 0 Å². The summed E-state index contributed by atoms with van der Waals surface area (Å²) in [5.41, 5.74) is 6.48. The molecule has 0 fully saturated rings. The summed E-state index contributed by atoms with van der Waals surface area (Å²) in [6.07, 6.45) is 0.341. The third kappa shape index (κ3) is 4.93. The van der Waals surface area contributed by atoms with E-state index in [0.717, 1.165) is 10.2 Å². The maximum absolute atomic E-state index is 5.98. The minimum absolute atomic E-state index is 0.295. The largest absolute Gasteiger partial charge is 0.378 e. The lowest BCUT2D eigenvalue weighted by Crippen LogP contribution is -2.45. The first-order valence-electron chi connectivity index (χ1n) is 5.93. The molecule has 108 valence electrons. The summed E-state index contributed by atoms with van der Waals surface area (Å²) in [5.74, 6) is 0. The van der Waals surface area contributed by atoms with E-state index in [1.165, 1.54) is 0 Å². The van der Waals surface area contributed by atoms with Gasteiger partial charge in [-0.2, -0.15) is 0 Å². The number of methoxy groups -OCH3 is 2. The first-order valence-corrected chi connectivity index (χ1v) is 7.10. The normalized spacial score (nSPS) is 14.5. The Morgan fingerprint density at radius 1 is 1.42 bits per heavy atom. The molecule has 0 bridgehead atoms. The van der Waals surface area contributed by atoms with Crippen LogP contribution in [-0.4, -0.2) is 32.6 Å². The molecule has 4 nitrogen and oxygen atoms in total. The number of anilines is 1. The molecular formula is C13H20BrClN2O2. The summed E-state index contributed by atoms with van der Waals surface area (Å²) in [6, 6.07) is 5.66. The number of benzene rings is 1. The Bertz CT molecular complexity index is 416. The Morgan fingerprint density at radius 2 is 2.05 bits per heavy atom. The van der Waals surface area contributed by atoms with Crippen LogP contribution in [0.25, 0.3) is 0 Å². The van der Waals surface area contributed by atoms with Gasteiger partial charge in [0.25, 0.3) is 0 Å². The van der Waals surface area contributed by atoms with Gasteiger partial charge >= 0.3 is 0 Å². The fourth-order valence-corrected chi connectivity index (χ4v) is 2.23. The highest BCUT2D eigenvalue weighted by Gasteiger charge is 2.27. The zero-order valence-corrected chi connectivity index (χ0v) is 13.7. The van der Waals surface area contributed by atoms with Gasteiger partial charge in [-0.15, -0.1) is 0 Å². The van der Waals surface area contributed by atoms with Crippen molar-refractivity contribution in [2.45, 2.75) is 25.2 Å². The van der Waals surface area contributed by atoms with Crippen molar-refractivity contribution < 1.29 is 9.47 Å². The van der Waals surface area contributed by atoms with Crippen molar-refractivity contribution in [3.8, 4) is 0 Å². The standard InChI is InChI=1S/C13H20BrClN2O2/c1-13(8-16,7-12(18-2)19-3)17-9-4-5-11(15)10(14)6-9/h4-6,12,17H,7-8,16H2,1-3H3. The topological polar surface area (TPSA) is 56.5 Å². The monoisotopic (exact) mass is 350 g/mol. The SMILES string of the molecule is COC(CC(C)(CN)Nc1ccc(Cl)c(Br)c1)OC. The fraction of sp³-hybridized carbons (Fsp3) is 0.538. The van der Waals surface area contributed by atoms with Crippen LogP contribution in [0.3, 0.4) is 0 Å². The van der Waals surface area contributed by atoms with E-state index in [1.807, 2.05) is 25.1 Å². The van der Waals surface area contributed by atoms with Crippen molar-refractivity contribution in [3.05, 3.63) is 27.7 Å². The summed E-state index contributed by atoms with van der Waals surface area (Å²) in [7, 11) is 3.23. The lowest BCUT2D eigenvalue weighted by molar-refractivity contribution is -0.113. The predicted octanol–water partition coefficient (Wildman–Crippen LogP) is 3.24. The third-order valence-corrected chi connectivity index (χ3v) is 4.17. The van der Waals surface area contributed by atoms with Crippen molar-refractivity contribution >= 4 is 33.2 Å². The van der Waals surface area contributed by atoms with Gasteiger partial charge < -0.3 is 20.5 Å². The van der Waals surface area contributed by atoms with Crippen molar-refractivity contribution in [1.29, 1.82) is 0 Å². The Balaban J connectivity index is 2.81. The number of hydrogen-bond acceptors (Lipinski definition) is 4. The molecule has 1 rings (SSSR count). The van der Waals surface area contributed by atoms with E-state index in [2.05, 4.69) is 21.2 Å². The van der Waals surface area contributed by atoms with E-state index in [1.54, 1.807) is 14.2 Å². The first-order chi connectivity index (χ1) is 8.94. The molecule has 1 unspecified atom stereocenters.